The van der Waals surface area contributed by atoms with Crippen molar-refractivity contribution >= 4 is 17.7 Å². The SMILES string of the molecule is CCSc1ccc(C(=O)NCC2CCCC(O)C2)cn1. The molecule has 0 radical (unpaired) electrons. The lowest BCUT2D eigenvalue weighted by Gasteiger charge is -2.25. The van der Waals surface area contributed by atoms with Crippen LogP contribution in [0.25, 0.3) is 0 Å². The van der Waals surface area contributed by atoms with Gasteiger partial charge >= 0.3 is 0 Å². The molecule has 2 N–H and O–H groups in total. The van der Waals surface area contributed by atoms with E-state index in [1.54, 1.807) is 18.0 Å². The fourth-order valence-electron chi connectivity index (χ4n) is 2.53. The first-order valence-electron chi connectivity index (χ1n) is 7.24. The highest BCUT2D eigenvalue weighted by molar-refractivity contribution is 7.99. The van der Waals surface area contributed by atoms with Gasteiger partial charge in [-0.15, -0.1) is 11.8 Å². The number of hydrogen-bond acceptors (Lipinski definition) is 4. The summed E-state index contributed by atoms with van der Waals surface area (Å²) in [5, 5.41) is 13.5. The van der Waals surface area contributed by atoms with Crippen molar-refractivity contribution in [2.45, 2.75) is 43.7 Å². The Morgan fingerprint density at radius 1 is 1.50 bits per heavy atom. The van der Waals surface area contributed by atoms with Crippen LogP contribution >= 0.6 is 11.8 Å². The van der Waals surface area contributed by atoms with Crippen LogP contribution in [0.1, 0.15) is 43.0 Å². The predicted molar refractivity (Wildman–Crippen MR) is 80.9 cm³/mol. The summed E-state index contributed by atoms with van der Waals surface area (Å²) in [6, 6.07) is 3.70. The Bertz CT molecular complexity index is 436. The Morgan fingerprint density at radius 2 is 2.35 bits per heavy atom. The van der Waals surface area contributed by atoms with Gasteiger partial charge in [-0.25, -0.2) is 4.98 Å². The summed E-state index contributed by atoms with van der Waals surface area (Å²) in [5.74, 6) is 1.29. The van der Waals surface area contributed by atoms with Gasteiger partial charge in [-0.1, -0.05) is 13.3 Å². The highest BCUT2D eigenvalue weighted by Crippen LogP contribution is 2.23. The van der Waals surface area contributed by atoms with E-state index < -0.39 is 0 Å². The van der Waals surface area contributed by atoms with Crippen LogP contribution in [0, 0.1) is 5.92 Å². The smallest absolute Gasteiger partial charge is 0.252 e. The van der Waals surface area contributed by atoms with E-state index in [0.29, 0.717) is 18.0 Å². The van der Waals surface area contributed by atoms with E-state index in [1.807, 2.05) is 12.1 Å². The molecule has 0 saturated heterocycles. The van der Waals surface area contributed by atoms with Gasteiger partial charge in [-0.05, 0) is 43.1 Å². The van der Waals surface area contributed by atoms with Gasteiger partial charge in [0.25, 0.3) is 5.91 Å². The van der Waals surface area contributed by atoms with Gasteiger partial charge in [-0.3, -0.25) is 4.79 Å². The zero-order valence-electron chi connectivity index (χ0n) is 11.8. The number of hydrogen-bond donors (Lipinski definition) is 2. The van der Waals surface area contributed by atoms with E-state index in [-0.39, 0.29) is 12.0 Å². The molecule has 0 aromatic carbocycles. The number of aromatic nitrogens is 1. The summed E-state index contributed by atoms with van der Waals surface area (Å²) in [7, 11) is 0. The van der Waals surface area contributed by atoms with Crippen LogP contribution in [0.2, 0.25) is 0 Å². The summed E-state index contributed by atoms with van der Waals surface area (Å²) >= 11 is 1.66. The van der Waals surface area contributed by atoms with Crippen molar-refractivity contribution in [1.82, 2.24) is 10.3 Å². The predicted octanol–water partition coefficient (Wildman–Crippen LogP) is 2.47. The zero-order valence-corrected chi connectivity index (χ0v) is 12.7. The first-order valence-corrected chi connectivity index (χ1v) is 8.22. The van der Waals surface area contributed by atoms with Gasteiger partial charge in [0, 0.05) is 12.7 Å². The van der Waals surface area contributed by atoms with Gasteiger partial charge in [0.1, 0.15) is 0 Å². The minimum Gasteiger partial charge on any atom is -0.393 e. The van der Waals surface area contributed by atoms with E-state index in [4.69, 9.17) is 0 Å². The molecule has 0 bridgehead atoms. The second-order valence-electron chi connectivity index (χ2n) is 5.21. The second kappa shape index (κ2) is 7.64. The average molecular weight is 294 g/mol. The lowest BCUT2D eigenvalue weighted by atomic mass is 9.87. The molecule has 1 aliphatic rings. The largest absolute Gasteiger partial charge is 0.393 e. The van der Waals surface area contributed by atoms with Crippen molar-refractivity contribution < 1.29 is 9.90 Å². The third-order valence-corrected chi connectivity index (χ3v) is 4.42. The number of rotatable bonds is 5. The van der Waals surface area contributed by atoms with Crippen LogP contribution in [0.4, 0.5) is 0 Å². The molecule has 5 heteroatoms. The Kier molecular flexibility index (Phi) is 5.86. The maximum Gasteiger partial charge on any atom is 0.252 e. The minimum absolute atomic E-state index is 0.0781. The summed E-state index contributed by atoms with van der Waals surface area (Å²) in [6.45, 7) is 2.72. The Labute approximate surface area is 124 Å². The number of amides is 1. The molecule has 1 aliphatic carbocycles. The van der Waals surface area contributed by atoms with Crippen LogP contribution < -0.4 is 5.32 Å². The second-order valence-corrected chi connectivity index (χ2v) is 6.50. The maximum absolute atomic E-state index is 12.0. The molecule has 1 heterocycles. The van der Waals surface area contributed by atoms with Gasteiger partial charge < -0.3 is 10.4 Å². The molecule has 1 amide bonds. The van der Waals surface area contributed by atoms with Crippen LogP contribution in [0.5, 0.6) is 0 Å². The quantitative estimate of drug-likeness (QED) is 0.819. The van der Waals surface area contributed by atoms with Crippen molar-refractivity contribution in [3.8, 4) is 0 Å². The van der Waals surface area contributed by atoms with E-state index in [0.717, 1.165) is 36.5 Å². The first kappa shape index (κ1) is 15.3. The van der Waals surface area contributed by atoms with Crippen LogP contribution in [-0.2, 0) is 0 Å². The molecule has 110 valence electrons. The molecular weight excluding hydrogens is 272 g/mol. The Balaban J connectivity index is 1.82. The molecular formula is C15H22N2O2S. The minimum atomic E-state index is -0.197. The monoisotopic (exact) mass is 294 g/mol. The van der Waals surface area contributed by atoms with Crippen LogP contribution in [0.15, 0.2) is 23.4 Å². The molecule has 1 aromatic rings. The number of carbonyl (C=O) groups is 1. The molecule has 1 aromatic heterocycles. The molecule has 0 spiro atoms. The molecule has 2 rings (SSSR count). The van der Waals surface area contributed by atoms with E-state index in [2.05, 4.69) is 17.2 Å². The fourth-order valence-corrected chi connectivity index (χ4v) is 3.12. The van der Waals surface area contributed by atoms with Gasteiger partial charge in [0.15, 0.2) is 0 Å². The normalized spacial score (nSPS) is 22.5. The average Bonchev–Trinajstić information content (AvgIpc) is 2.46. The number of aliphatic hydroxyl groups excluding tert-OH is 1. The Hall–Kier alpha value is -1.07. The van der Waals surface area contributed by atoms with Crippen molar-refractivity contribution in [3.05, 3.63) is 23.9 Å². The number of thioether (sulfide) groups is 1. The lowest BCUT2D eigenvalue weighted by Crippen LogP contribution is -2.33. The fraction of sp³-hybridized carbons (Fsp3) is 0.600. The maximum atomic E-state index is 12.0. The first-order chi connectivity index (χ1) is 9.69. The molecule has 1 fully saturated rings. The van der Waals surface area contributed by atoms with Crippen molar-refractivity contribution in [2.24, 2.45) is 5.92 Å². The highest BCUT2D eigenvalue weighted by atomic mass is 32.2. The highest BCUT2D eigenvalue weighted by Gasteiger charge is 2.20. The Morgan fingerprint density at radius 3 is 3.00 bits per heavy atom. The number of nitrogens with zero attached hydrogens (tertiary/aromatic N) is 1. The zero-order chi connectivity index (χ0) is 14.4. The number of aliphatic hydroxyl groups is 1. The molecule has 2 unspecified atom stereocenters. The third-order valence-electron chi connectivity index (χ3n) is 3.60. The molecule has 4 nitrogen and oxygen atoms in total. The van der Waals surface area contributed by atoms with Gasteiger partial charge in [-0.2, -0.15) is 0 Å². The van der Waals surface area contributed by atoms with Crippen LogP contribution in [-0.4, -0.2) is 34.4 Å². The number of pyridine rings is 1. The van der Waals surface area contributed by atoms with E-state index in [9.17, 15) is 9.90 Å². The summed E-state index contributed by atoms with van der Waals surface area (Å²) in [5.41, 5.74) is 0.599. The summed E-state index contributed by atoms with van der Waals surface area (Å²) in [6.07, 6.45) is 5.25. The lowest BCUT2D eigenvalue weighted by molar-refractivity contribution is 0.0873. The summed E-state index contributed by atoms with van der Waals surface area (Å²) < 4.78 is 0. The molecule has 2 atom stereocenters. The third kappa shape index (κ3) is 4.49. The summed E-state index contributed by atoms with van der Waals surface area (Å²) in [4.78, 5) is 16.3. The van der Waals surface area contributed by atoms with Crippen molar-refractivity contribution in [2.75, 3.05) is 12.3 Å². The van der Waals surface area contributed by atoms with Gasteiger partial charge in [0.05, 0.1) is 16.7 Å². The molecule has 20 heavy (non-hydrogen) atoms. The molecule has 0 aliphatic heterocycles. The van der Waals surface area contributed by atoms with Crippen molar-refractivity contribution in [3.63, 3.8) is 0 Å². The van der Waals surface area contributed by atoms with Gasteiger partial charge in [0.2, 0.25) is 0 Å². The molecule has 1 saturated carbocycles. The van der Waals surface area contributed by atoms with E-state index in [1.165, 1.54) is 0 Å². The van der Waals surface area contributed by atoms with E-state index >= 15 is 0 Å². The van der Waals surface area contributed by atoms with Crippen molar-refractivity contribution in [1.29, 1.82) is 0 Å². The standard InChI is InChI=1S/C15H22N2O2S/c1-2-20-14-7-6-12(10-16-14)15(19)17-9-11-4-3-5-13(18)8-11/h6-7,10-11,13,18H,2-5,8-9H2,1H3,(H,17,19). The topological polar surface area (TPSA) is 62.2 Å². The van der Waals surface area contributed by atoms with Crippen LogP contribution in [0.3, 0.4) is 0 Å². The number of nitrogens with one attached hydrogen (secondary N) is 1. The number of carbonyl (C=O) groups excluding carboxylic acids is 1.